The minimum Gasteiger partial charge on any atom is -0.474 e. The number of nitrogens with zero attached hydrogens (tertiary/aromatic N) is 6. The number of carbonyl (C=O) groups excluding carboxylic acids is 1. The third-order valence-electron chi connectivity index (χ3n) is 6.89. The lowest BCUT2D eigenvalue weighted by atomic mass is 10.2. The van der Waals surface area contributed by atoms with Gasteiger partial charge in [-0.2, -0.15) is 0 Å². The summed E-state index contributed by atoms with van der Waals surface area (Å²) in [6, 6.07) is 20.0. The fraction of sp³-hybridized carbons (Fsp3) is 0.114. The number of halogens is 4. The second kappa shape index (κ2) is 15.9. The van der Waals surface area contributed by atoms with Crippen molar-refractivity contribution in [3.05, 3.63) is 142 Å². The molecule has 0 saturated heterocycles. The van der Waals surface area contributed by atoms with E-state index in [1.54, 1.807) is 43.6 Å². The Kier molecular flexibility index (Phi) is 10.9. The number of pyridine rings is 4. The molecule has 2 aromatic carbocycles. The summed E-state index contributed by atoms with van der Waals surface area (Å²) in [5.41, 5.74) is 2.36. The fourth-order valence-electron chi connectivity index (χ4n) is 4.65. The van der Waals surface area contributed by atoms with Gasteiger partial charge in [-0.3, -0.25) is 19.9 Å². The van der Waals surface area contributed by atoms with Gasteiger partial charge in [0.15, 0.2) is 0 Å². The summed E-state index contributed by atoms with van der Waals surface area (Å²) in [7, 11) is 0. The van der Waals surface area contributed by atoms with Gasteiger partial charge in [0.25, 0.3) is 5.89 Å². The molecule has 0 bridgehead atoms. The first-order chi connectivity index (χ1) is 24.2. The van der Waals surface area contributed by atoms with Crippen LogP contribution in [0.5, 0.6) is 11.5 Å². The number of carbonyl (C=O) groups is 1. The van der Waals surface area contributed by atoms with Gasteiger partial charge >= 0.3 is 5.97 Å². The van der Waals surface area contributed by atoms with Crippen molar-refractivity contribution >= 4 is 59.6 Å². The van der Waals surface area contributed by atoms with Gasteiger partial charge in [0.1, 0.15) is 23.1 Å². The average Bonchev–Trinajstić information content (AvgIpc) is 3.65. The van der Waals surface area contributed by atoms with E-state index in [4.69, 9.17) is 18.6 Å². The smallest absolute Gasteiger partial charge is 0.353 e. The van der Waals surface area contributed by atoms with Crippen molar-refractivity contribution in [3.63, 3.8) is 0 Å². The highest BCUT2D eigenvalue weighted by Crippen LogP contribution is 2.30. The molecule has 50 heavy (non-hydrogen) atoms. The summed E-state index contributed by atoms with van der Waals surface area (Å²) in [6.45, 7) is 1.90. The molecule has 15 heteroatoms. The van der Waals surface area contributed by atoms with Crippen LogP contribution < -0.4 is 9.47 Å². The molecular formula is C35H24Br2F2N6O5. The van der Waals surface area contributed by atoms with E-state index in [0.717, 1.165) is 43.1 Å². The quantitative estimate of drug-likeness (QED) is 0.130. The van der Waals surface area contributed by atoms with Gasteiger partial charge < -0.3 is 18.6 Å². The number of ether oxygens (including phenoxy) is 3. The molecule has 0 radical (unpaired) electrons. The van der Waals surface area contributed by atoms with Crippen LogP contribution in [0.3, 0.4) is 0 Å². The zero-order chi connectivity index (χ0) is 35.0. The third kappa shape index (κ3) is 8.59. The Hall–Kier alpha value is -5.41. The lowest BCUT2D eigenvalue weighted by Gasteiger charge is -2.17. The minimum absolute atomic E-state index is 0.203. The molecule has 0 fully saturated rings. The lowest BCUT2D eigenvalue weighted by molar-refractivity contribution is -0.152. The number of rotatable bonds is 9. The monoisotopic (exact) mass is 804 g/mol. The summed E-state index contributed by atoms with van der Waals surface area (Å²) < 4.78 is 50.1. The van der Waals surface area contributed by atoms with Crippen LogP contribution in [0.1, 0.15) is 36.4 Å². The van der Waals surface area contributed by atoms with Crippen molar-refractivity contribution in [1.29, 1.82) is 0 Å². The maximum atomic E-state index is 13.2. The van der Waals surface area contributed by atoms with E-state index in [1.165, 1.54) is 30.7 Å². The number of aromatic nitrogens is 6. The normalized spacial score (nSPS) is 12.1. The zero-order valence-corrected chi connectivity index (χ0v) is 29.1. The molecule has 252 valence electrons. The average molecular weight is 806 g/mol. The molecule has 0 aliphatic carbocycles. The van der Waals surface area contributed by atoms with Crippen LogP contribution in [-0.2, 0) is 9.53 Å². The van der Waals surface area contributed by atoms with Crippen LogP contribution in [-0.4, -0.2) is 42.7 Å². The number of esters is 1. The second-order valence-corrected chi connectivity index (χ2v) is 12.2. The Balaban J connectivity index is 0.000000173. The van der Waals surface area contributed by atoms with Gasteiger partial charge in [0, 0.05) is 32.1 Å². The van der Waals surface area contributed by atoms with Gasteiger partial charge in [-0.05, 0) is 112 Å². The molecule has 7 aromatic rings. The van der Waals surface area contributed by atoms with E-state index >= 15 is 0 Å². The Labute approximate surface area is 300 Å². The van der Waals surface area contributed by atoms with Crippen LogP contribution in [0.4, 0.5) is 8.78 Å². The van der Waals surface area contributed by atoms with Crippen LogP contribution in [0.15, 0.2) is 117 Å². The van der Waals surface area contributed by atoms with Gasteiger partial charge in [-0.1, -0.05) is 0 Å². The first-order valence-electron chi connectivity index (χ1n) is 14.9. The summed E-state index contributed by atoms with van der Waals surface area (Å²) in [4.78, 5) is 28.9. The van der Waals surface area contributed by atoms with Crippen LogP contribution in [0, 0.1) is 11.6 Å². The zero-order valence-electron chi connectivity index (χ0n) is 25.9. The first-order valence-corrected chi connectivity index (χ1v) is 16.4. The van der Waals surface area contributed by atoms with Crippen molar-refractivity contribution in [2.45, 2.75) is 19.1 Å². The van der Waals surface area contributed by atoms with E-state index in [2.05, 4.69) is 62.0 Å². The maximum absolute atomic E-state index is 13.2. The molecule has 0 N–H and O–H groups in total. The second-order valence-electron chi connectivity index (χ2n) is 10.3. The molecule has 11 nitrogen and oxygen atoms in total. The molecule has 2 atom stereocenters. The Morgan fingerprint density at radius 3 is 1.84 bits per heavy atom. The summed E-state index contributed by atoms with van der Waals surface area (Å²) in [6.07, 6.45) is 4.95. The predicted octanol–water partition coefficient (Wildman–Crippen LogP) is 8.30. The van der Waals surface area contributed by atoms with Crippen molar-refractivity contribution in [3.8, 4) is 11.5 Å². The van der Waals surface area contributed by atoms with Gasteiger partial charge in [-0.25, -0.2) is 13.6 Å². The molecule has 0 spiro atoms. The molecule has 0 saturated carbocycles. The number of benzene rings is 2. The van der Waals surface area contributed by atoms with Crippen LogP contribution in [0.25, 0.3) is 21.8 Å². The first kappa shape index (κ1) is 34.5. The number of fused-ring (bicyclic) bond motifs is 2. The van der Waals surface area contributed by atoms with Crippen LogP contribution in [0.2, 0.25) is 0 Å². The Morgan fingerprint density at radius 1 is 0.740 bits per heavy atom. The summed E-state index contributed by atoms with van der Waals surface area (Å²) in [5, 5.41) is 9.32. The minimum atomic E-state index is -1.09. The lowest BCUT2D eigenvalue weighted by Crippen LogP contribution is -2.22. The molecule has 5 heterocycles. The van der Waals surface area contributed by atoms with Gasteiger partial charge in [0.2, 0.25) is 18.6 Å². The van der Waals surface area contributed by atoms with E-state index in [-0.39, 0.29) is 18.2 Å². The number of hydrogen-bond acceptors (Lipinski definition) is 11. The maximum Gasteiger partial charge on any atom is 0.353 e. The molecule has 0 amide bonds. The van der Waals surface area contributed by atoms with Crippen molar-refractivity contribution in [2.75, 3.05) is 6.61 Å². The van der Waals surface area contributed by atoms with Crippen molar-refractivity contribution in [2.24, 2.45) is 0 Å². The van der Waals surface area contributed by atoms with Gasteiger partial charge in [-0.15, -0.1) is 10.2 Å². The Bertz CT molecular complexity index is 2230. The molecular weight excluding hydrogens is 782 g/mol. The van der Waals surface area contributed by atoms with E-state index in [0.29, 0.717) is 17.2 Å². The Morgan fingerprint density at radius 2 is 1.32 bits per heavy atom. The third-order valence-corrected chi connectivity index (χ3v) is 7.75. The highest BCUT2D eigenvalue weighted by atomic mass is 79.9. The molecule has 5 aromatic heterocycles. The highest BCUT2D eigenvalue weighted by Gasteiger charge is 2.26. The fourth-order valence-corrected chi connectivity index (χ4v) is 5.35. The van der Waals surface area contributed by atoms with E-state index in [9.17, 15) is 13.6 Å². The largest absolute Gasteiger partial charge is 0.474 e. The molecule has 0 aliphatic heterocycles. The van der Waals surface area contributed by atoms with E-state index < -0.39 is 29.8 Å². The summed E-state index contributed by atoms with van der Waals surface area (Å²) in [5.74, 6) is -0.262. The topological polar surface area (TPSA) is 135 Å². The summed E-state index contributed by atoms with van der Waals surface area (Å²) >= 11 is 6.77. The molecule has 0 aliphatic rings. The standard InChI is InChI=1S/C18H14BrFN2O3.C17H10BrFN4O2/c1-2-24-18(23)17(16-5-3-13(20)10-22-16)25-14-4-6-15-11(8-14)7-12(19)9-21-15;18-11-5-10-6-13(2-4-14(10)20-7-11)25-16(17-23-22-9-24-17)15-3-1-12(19)8-21-15/h3-10,17H,2H2,1H3;1-9,16H. The van der Waals surface area contributed by atoms with Crippen molar-refractivity contribution < 1.29 is 32.2 Å². The highest BCUT2D eigenvalue weighted by molar-refractivity contribution is 9.10. The molecule has 2 unspecified atom stereocenters. The van der Waals surface area contributed by atoms with Crippen LogP contribution >= 0.6 is 31.9 Å². The molecule has 7 rings (SSSR count). The van der Waals surface area contributed by atoms with Gasteiger partial charge in [0.05, 0.1) is 41.4 Å². The predicted molar refractivity (Wildman–Crippen MR) is 184 cm³/mol. The van der Waals surface area contributed by atoms with Crippen molar-refractivity contribution in [1.82, 2.24) is 30.1 Å². The SMILES string of the molecule is CCOC(=O)C(Oc1ccc2ncc(Br)cc2c1)c1ccc(F)cn1.Fc1ccc(C(Oc2ccc3ncc(Br)cc3c2)c2nnco2)nc1. The number of hydrogen-bond donors (Lipinski definition) is 0. The van der Waals surface area contributed by atoms with E-state index in [1.807, 2.05) is 24.3 Å².